The van der Waals surface area contributed by atoms with Crippen molar-refractivity contribution in [3.05, 3.63) is 24.3 Å². The van der Waals surface area contributed by atoms with E-state index in [9.17, 15) is 9.59 Å². The van der Waals surface area contributed by atoms with Crippen LogP contribution in [0.1, 0.15) is 6.92 Å². The monoisotopic (exact) mass is 248 g/mol. The molecule has 1 aliphatic heterocycles. The van der Waals surface area contributed by atoms with Crippen molar-refractivity contribution in [1.29, 1.82) is 0 Å². The van der Waals surface area contributed by atoms with Gasteiger partial charge < -0.3 is 10.2 Å². The lowest BCUT2D eigenvalue weighted by Gasteiger charge is -2.32. The Morgan fingerprint density at radius 1 is 1.56 bits per heavy atom. The van der Waals surface area contributed by atoms with Crippen molar-refractivity contribution in [2.75, 3.05) is 23.3 Å². The van der Waals surface area contributed by atoms with E-state index in [4.69, 9.17) is 5.84 Å². The molecule has 1 aromatic carbocycles. The van der Waals surface area contributed by atoms with E-state index in [1.807, 2.05) is 29.2 Å². The summed E-state index contributed by atoms with van der Waals surface area (Å²) in [5.41, 5.74) is 3.82. The number of anilines is 2. The zero-order valence-corrected chi connectivity index (χ0v) is 10.1. The molecule has 1 aliphatic rings. The lowest BCUT2D eigenvalue weighted by molar-refractivity contribution is -0.124. The highest BCUT2D eigenvalue weighted by Crippen LogP contribution is 2.29. The molecule has 0 saturated heterocycles. The van der Waals surface area contributed by atoms with E-state index in [0.29, 0.717) is 6.54 Å². The van der Waals surface area contributed by atoms with Gasteiger partial charge in [0.15, 0.2) is 0 Å². The molecule has 18 heavy (non-hydrogen) atoms. The summed E-state index contributed by atoms with van der Waals surface area (Å²) in [6.07, 6.45) is 0. The number of amides is 2. The van der Waals surface area contributed by atoms with Crippen LogP contribution in [-0.4, -0.2) is 24.9 Å². The zero-order chi connectivity index (χ0) is 13.1. The standard InChI is InChI=1S/C12H16N4O2/c1-8(12(18)15-13)6-16-7-11(17)14-9-4-2-3-5-10(9)16/h2-5,8H,6-7,13H2,1H3,(H,14,17)(H,15,18). The molecule has 1 atom stereocenters. The van der Waals surface area contributed by atoms with Crippen molar-refractivity contribution < 1.29 is 9.59 Å². The summed E-state index contributed by atoms with van der Waals surface area (Å²) < 4.78 is 0. The van der Waals surface area contributed by atoms with E-state index in [-0.39, 0.29) is 24.3 Å². The third kappa shape index (κ3) is 2.43. The first kappa shape index (κ1) is 12.4. The van der Waals surface area contributed by atoms with Crippen molar-refractivity contribution in [1.82, 2.24) is 5.43 Å². The Morgan fingerprint density at radius 3 is 3.00 bits per heavy atom. The lowest BCUT2D eigenvalue weighted by atomic mass is 10.1. The number of hydrazine groups is 1. The first-order valence-corrected chi connectivity index (χ1v) is 5.76. The Morgan fingerprint density at radius 2 is 2.28 bits per heavy atom. The second-order valence-electron chi connectivity index (χ2n) is 4.36. The van der Waals surface area contributed by atoms with E-state index < -0.39 is 0 Å². The van der Waals surface area contributed by atoms with E-state index >= 15 is 0 Å². The highest BCUT2D eigenvalue weighted by Gasteiger charge is 2.24. The fraction of sp³-hybridized carbons (Fsp3) is 0.333. The molecule has 0 radical (unpaired) electrons. The van der Waals surface area contributed by atoms with Crippen molar-refractivity contribution in [2.24, 2.45) is 11.8 Å². The molecule has 1 aromatic rings. The van der Waals surface area contributed by atoms with Crippen LogP contribution in [0.3, 0.4) is 0 Å². The zero-order valence-electron chi connectivity index (χ0n) is 10.1. The first-order valence-electron chi connectivity index (χ1n) is 5.76. The van der Waals surface area contributed by atoms with E-state index in [1.165, 1.54) is 0 Å². The van der Waals surface area contributed by atoms with Gasteiger partial charge in [-0.2, -0.15) is 0 Å². The van der Waals surface area contributed by atoms with Gasteiger partial charge in [-0.05, 0) is 12.1 Å². The van der Waals surface area contributed by atoms with Gasteiger partial charge in [-0.3, -0.25) is 15.0 Å². The van der Waals surface area contributed by atoms with Gasteiger partial charge in [0.05, 0.1) is 23.8 Å². The van der Waals surface area contributed by atoms with Crippen LogP contribution in [0, 0.1) is 5.92 Å². The maximum Gasteiger partial charge on any atom is 0.243 e. The van der Waals surface area contributed by atoms with Crippen molar-refractivity contribution in [3.63, 3.8) is 0 Å². The van der Waals surface area contributed by atoms with Gasteiger partial charge in [0.2, 0.25) is 11.8 Å². The Labute approximate surface area is 105 Å². The smallest absolute Gasteiger partial charge is 0.243 e. The van der Waals surface area contributed by atoms with Gasteiger partial charge in [-0.1, -0.05) is 19.1 Å². The molecule has 0 aliphatic carbocycles. The molecule has 6 heteroatoms. The fourth-order valence-corrected chi connectivity index (χ4v) is 2.02. The van der Waals surface area contributed by atoms with E-state index in [2.05, 4.69) is 10.7 Å². The van der Waals surface area contributed by atoms with Crippen molar-refractivity contribution >= 4 is 23.2 Å². The maximum atomic E-state index is 11.6. The summed E-state index contributed by atoms with van der Waals surface area (Å²) in [6, 6.07) is 7.52. The van der Waals surface area contributed by atoms with Crippen LogP contribution in [0.4, 0.5) is 11.4 Å². The molecular formula is C12H16N4O2. The lowest BCUT2D eigenvalue weighted by Crippen LogP contribution is -2.45. The van der Waals surface area contributed by atoms with Gasteiger partial charge in [-0.25, -0.2) is 5.84 Å². The van der Waals surface area contributed by atoms with Gasteiger partial charge in [0.25, 0.3) is 0 Å². The molecule has 96 valence electrons. The van der Waals surface area contributed by atoms with Crippen molar-refractivity contribution in [2.45, 2.75) is 6.92 Å². The number of benzene rings is 1. The predicted octanol–water partition coefficient (Wildman–Crippen LogP) is 0.0711. The van der Waals surface area contributed by atoms with Gasteiger partial charge in [0, 0.05) is 6.54 Å². The number of carbonyl (C=O) groups is 2. The number of nitrogens with zero attached hydrogens (tertiary/aromatic N) is 1. The molecule has 6 nitrogen and oxygen atoms in total. The van der Waals surface area contributed by atoms with E-state index in [0.717, 1.165) is 11.4 Å². The molecule has 1 unspecified atom stereocenters. The molecule has 0 fully saturated rings. The fourth-order valence-electron chi connectivity index (χ4n) is 2.02. The summed E-state index contributed by atoms with van der Waals surface area (Å²) in [4.78, 5) is 24.9. The third-order valence-electron chi connectivity index (χ3n) is 2.94. The van der Waals surface area contributed by atoms with Crippen LogP contribution < -0.4 is 21.5 Å². The Kier molecular flexibility index (Phi) is 3.47. The summed E-state index contributed by atoms with van der Waals surface area (Å²) in [5.74, 6) is 4.51. The topological polar surface area (TPSA) is 87.5 Å². The summed E-state index contributed by atoms with van der Waals surface area (Å²) in [6.45, 7) is 2.48. The van der Waals surface area contributed by atoms with Gasteiger partial charge >= 0.3 is 0 Å². The minimum Gasteiger partial charge on any atom is -0.360 e. The third-order valence-corrected chi connectivity index (χ3v) is 2.94. The molecular weight excluding hydrogens is 232 g/mol. The second-order valence-corrected chi connectivity index (χ2v) is 4.36. The Balaban J connectivity index is 2.19. The number of hydrogen-bond donors (Lipinski definition) is 3. The molecule has 0 aromatic heterocycles. The minimum atomic E-state index is -0.283. The number of fused-ring (bicyclic) bond motifs is 1. The highest BCUT2D eigenvalue weighted by molar-refractivity contribution is 6.01. The SMILES string of the molecule is CC(CN1CC(=O)Nc2ccccc21)C(=O)NN. The number of carbonyl (C=O) groups excluding carboxylic acids is 2. The maximum absolute atomic E-state index is 11.6. The predicted molar refractivity (Wildman–Crippen MR) is 68.8 cm³/mol. The largest absolute Gasteiger partial charge is 0.360 e. The van der Waals surface area contributed by atoms with Crippen LogP contribution >= 0.6 is 0 Å². The van der Waals surface area contributed by atoms with Crippen LogP contribution in [0.5, 0.6) is 0 Å². The number of hydrogen-bond acceptors (Lipinski definition) is 4. The quantitative estimate of drug-likeness (QED) is 0.401. The van der Waals surface area contributed by atoms with Crippen LogP contribution in [0.2, 0.25) is 0 Å². The molecule has 2 amide bonds. The molecule has 0 saturated carbocycles. The van der Waals surface area contributed by atoms with Gasteiger partial charge in [0.1, 0.15) is 0 Å². The minimum absolute atomic E-state index is 0.0749. The van der Waals surface area contributed by atoms with E-state index in [1.54, 1.807) is 6.92 Å². The summed E-state index contributed by atoms with van der Waals surface area (Å²) >= 11 is 0. The first-order chi connectivity index (χ1) is 8.61. The number of nitrogens with one attached hydrogen (secondary N) is 2. The number of para-hydroxylation sites is 2. The highest BCUT2D eigenvalue weighted by atomic mass is 16.2. The van der Waals surface area contributed by atoms with Crippen LogP contribution in [0.25, 0.3) is 0 Å². The van der Waals surface area contributed by atoms with Crippen molar-refractivity contribution in [3.8, 4) is 0 Å². The molecule has 1 heterocycles. The van der Waals surface area contributed by atoms with Crippen LogP contribution in [-0.2, 0) is 9.59 Å². The molecule has 0 bridgehead atoms. The molecule has 4 N–H and O–H groups in total. The number of nitrogens with two attached hydrogens (primary N) is 1. The van der Waals surface area contributed by atoms with Crippen LogP contribution in [0.15, 0.2) is 24.3 Å². The number of rotatable bonds is 3. The molecule has 2 rings (SSSR count). The summed E-state index contributed by atoms with van der Waals surface area (Å²) in [7, 11) is 0. The summed E-state index contributed by atoms with van der Waals surface area (Å²) in [5, 5.41) is 2.80. The second kappa shape index (κ2) is 5.05. The Hall–Kier alpha value is -2.08. The normalized spacial score (nSPS) is 15.7. The Bertz CT molecular complexity index is 475. The average Bonchev–Trinajstić information content (AvgIpc) is 2.37. The average molecular weight is 248 g/mol. The molecule has 0 spiro atoms. The van der Waals surface area contributed by atoms with Gasteiger partial charge in [-0.15, -0.1) is 0 Å².